The van der Waals surface area contributed by atoms with Gasteiger partial charge in [-0.25, -0.2) is 4.98 Å². The molecule has 0 radical (unpaired) electrons. The van der Waals surface area contributed by atoms with Crippen molar-refractivity contribution in [3.63, 3.8) is 0 Å². The Hall–Kier alpha value is -2.17. The molecule has 0 spiro atoms. The SMILES string of the molecule is Cc1sc(NC(=O)CSc2nc3sc4c(c3c(=O)[nH]2)CCCC4)c(C(N)=O)c1C. The number of H-pyrrole nitrogens is 1. The van der Waals surface area contributed by atoms with Crippen molar-refractivity contribution < 1.29 is 9.59 Å². The van der Waals surface area contributed by atoms with Crippen LogP contribution < -0.4 is 16.6 Å². The lowest BCUT2D eigenvalue weighted by Gasteiger charge is -2.09. The number of aryl methyl sites for hydroxylation is 3. The minimum Gasteiger partial charge on any atom is -0.365 e. The number of nitrogens with zero attached hydrogens (tertiary/aromatic N) is 1. The van der Waals surface area contributed by atoms with Gasteiger partial charge in [-0.3, -0.25) is 14.4 Å². The number of fused-ring (bicyclic) bond motifs is 3. The maximum atomic E-state index is 12.6. The number of thioether (sulfide) groups is 1. The Bertz CT molecular complexity index is 1190. The van der Waals surface area contributed by atoms with E-state index >= 15 is 0 Å². The fourth-order valence-electron chi connectivity index (χ4n) is 3.52. The van der Waals surface area contributed by atoms with Crippen molar-refractivity contribution in [2.45, 2.75) is 44.7 Å². The molecule has 29 heavy (non-hydrogen) atoms. The van der Waals surface area contributed by atoms with Gasteiger partial charge >= 0.3 is 0 Å². The van der Waals surface area contributed by atoms with Gasteiger partial charge in [-0.1, -0.05) is 11.8 Å². The third-order valence-electron chi connectivity index (χ3n) is 5.03. The molecule has 0 bridgehead atoms. The number of nitrogens with one attached hydrogen (secondary N) is 2. The first kappa shape index (κ1) is 20.1. The van der Waals surface area contributed by atoms with E-state index in [1.807, 2.05) is 6.92 Å². The van der Waals surface area contributed by atoms with Crippen LogP contribution in [0.4, 0.5) is 5.00 Å². The van der Waals surface area contributed by atoms with Crippen LogP contribution in [-0.2, 0) is 17.6 Å². The molecule has 152 valence electrons. The van der Waals surface area contributed by atoms with E-state index in [-0.39, 0.29) is 17.2 Å². The summed E-state index contributed by atoms with van der Waals surface area (Å²) in [6.07, 6.45) is 4.18. The minimum absolute atomic E-state index is 0.0632. The van der Waals surface area contributed by atoms with Crippen molar-refractivity contribution in [1.29, 1.82) is 0 Å². The van der Waals surface area contributed by atoms with Gasteiger partial charge in [0, 0.05) is 9.75 Å². The van der Waals surface area contributed by atoms with Gasteiger partial charge in [0.05, 0.1) is 16.7 Å². The van der Waals surface area contributed by atoms with E-state index in [9.17, 15) is 14.4 Å². The van der Waals surface area contributed by atoms with Crippen molar-refractivity contribution in [2.24, 2.45) is 5.73 Å². The number of rotatable bonds is 5. The normalized spacial score (nSPS) is 13.4. The maximum Gasteiger partial charge on any atom is 0.260 e. The molecular weight excluding hydrogens is 428 g/mol. The van der Waals surface area contributed by atoms with Gasteiger partial charge in [0.15, 0.2) is 5.16 Å². The summed E-state index contributed by atoms with van der Waals surface area (Å²) >= 11 is 4.07. The average Bonchev–Trinajstić information content (AvgIpc) is 3.17. The zero-order chi connectivity index (χ0) is 20.7. The Labute approximate surface area is 179 Å². The molecule has 4 N–H and O–H groups in total. The number of primary amides is 1. The van der Waals surface area contributed by atoms with Crippen LogP contribution in [0.3, 0.4) is 0 Å². The smallest absolute Gasteiger partial charge is 0.260 e. The molecule has 10 heteroatoms. The van der Waals surface area contributed by atoms with Crippen LogP contribution in [0, 0.1) is 13.8 Å². The highest BCUT2D eigenvalue weighted by Crippen LogP contribution is 2.34. The van der Waals surface area contributed by atoms with Crippen molar-refractivity contribution in [1.82, 2.24) is 9.97 Å². The summed E-state index contributed by atoms with van der Waals surface area (Å²) in [4.78, 5) is 46.9. The molecule has 0 unspecified atom stereocenters. The predicted molar refractivity (Wildman–Crippen MR) is 119 cm³/mol. The second-order valence-corrected chi connectivity index (χ2v) is 10.2. The predicted octanol–water partition coefficient (Wildman–Crippen LogP) is 3.37. The number of carbonyl (C=O) groups excluding carboxylic acids is 2. The third kappa shape index (κ3) is 3.84. The van der Waals surface area contributed by atoms with Crippen LogP contribution >= 0.6 is 34.4 Å². The summed E-state index contributed by atoms with van der Waals surface area (Å²) in [6.45, 7) is 3.68. The molecule has 1 aliphatic carbocycles. The fourth-order valence-corrected chi connectivity index (χ4v) is 6.58. The van der Waals surface area contributed by atoms with E-state index in [0.29, 0.717) is 21.1 Å². The number of hydrogen-bond donors (Lipinski definition) is 3. The number of anilines is 1. The quantitative estimate of drug-likeness (QED) is 0.408. The highest BCUT2D eigenvalue weighted by atomic mass is 32.2. The van der Waals surface area contributed by atoms with Gasteiger partial charge in [0.25, 0.3) is 11.5 Å². The summed E-state index contributed by atoms with van der Waals surface area (Å²) in [5, 5.41) is 4.34. The van der Waals surface area contributed by atoms with Gasteiger partial charge < -0.3 is 16.0 Å². The molecule has 3 heterocycles. The lowest BCUT2D eigenvalue weighted by atomic mass is 9.97. The average molecular weight is 449 g/mol. The molecule has 0 atom stereocenters. The summed E-state index contributed by atoms with van der Waals surface area (Å²) < 4.78 is 0. The topological polar surface area (TPSA) is 118 Å². The van der Waals surface area contributed by atoms with Crippen molar-refractivity contribution in [3.05, 3.63) is 36.8 Å². The zero-order valence-corrected chi connectivity index (χ0v) is 18.5. The van der Waals surface area contributed by atoms with Crippen LogP contribution in [0.2, 0.25) is 0 Å². The number of aromatic nitrogens is 2. The summed E-state index contributed by atoms with van der Waals surface area (Å²) in [5.41, 5.74) is 7.57. The molecule has 0 saturated carbocycles. The van der Waals surface area contributed by atoms with Gasteiger partial charge in [0.2, 0.25) is 5.91 Å². The second-order valence-electron chi connectivity index (χ2n) is 6.95. The molecule has 1 aliphatic rings. The Morgan fingerprint density at radius 1 is 1.24 bits per heavy atom. The van der Waals surface area contributed by atoms with E-state index in [1.54, 1.807) is 18.3 Å². The molecule has 4 rings (SSSR count). The number of nitrogens with two attached hydrogens (primary N) is 1. The molecule has 0 fully saturated rings. The number of aromatic amines is 1. The van der Waals surface area contributed by atoms with Crippen molar-refractivity contribution in [2.75, 3.05) is 11.1 Å². The zero-order valence-electron chi connectivity index (χ0n) is 16.0. The van der Waals surface area contributed by atoms with Crippen molar-refractivity contribution in [3.8, 4) is 0 Å². The van der Waals surface area contributed by atoms with Crippen LogP contribution in [0.5, 0.6) is 0 Å². The van der Waals surface area contributed by atoms with Crippen LogP contribution in [0.15, 0.2) is 9.95 Å². The number of amides is 2. The Balaban J connectivity index is 1.50. The summed E-state index contributed by atoms with van der Waals surface area (Å²) in [5.74, 6) is -0.784. The number of carbonyl (C=O) groups is 2. The lowest BCUT2D eigenvalue weighted by molar-refractivity contribution is -0.113. The van der Waals surface area contributed by atoms with Crippen LogP contribution in [0.25, 0.3) is 10.2 Å². The largest absolute Gasteiger partial charge is 0.365 e. The van der Waals surface area contributed by atoms with E-state index in [2.05, 4.69) is 15.3 Å². The number of thiophene rings is 2. The second kappa shape index (κ2) is 7.92. The van der Waals surface area contributed by atoms with Gasteiger partial charge in [-0.05, 0) is 50.7 Å². The van der Waals surface area contributed by atoms with Gasteiger partial charge in [0.1, 0.15) is 9.83 Å². The molecule has 2 amide bonds. The van der Waals surface area contributed by atoms with E-state index in [1.165, 1.54) is 16.2 Å². The standard InChI is InChI=1S/C19H20N4O3S3/c1-8-9(2)28-17(13(8)15(20)25)21-12(24)7-27-19-22-16(26)14-10-5-3-4-6-11(10)29-18(14)23-19/h3-7H2,1-2H3,(H2,20,25)(H,21,24)(H,22,23,26). The Morgan fingerprint density at radius 3 is 2.76 bits per heavy atom. The van der Waals surface area contributed by atoms with Crippen LogP contribution in [0.1, 0.15) is 44.1 Å². The molecular formula is C19H20N4O3S3. The van der Waals surface area contributed by atoms with Gasteiger partial charge in [-0.2, -0.15) is 0 Å². The first-order valence-corrected chi connectivity index (χ1v) is 11.8. The monoisotopic (exact) mass is 448 g/mol. The molecule has 0 aromatic carbocycles. The van der Waals surface area contributed by atoms with Crippen LogP contribution in [-0.4, -0.2) is 27.5 Å². The maximum absolute atomic E-state index is 12.6. The van der Waals surface area contributed by atoms with E-state index in [4.69, 9.17) is 5.73 Å². The first-order chi connectivity index (χ1) is 13.8. The molecule has 3 aromatic rings. The Morgan fingerprint density at radius 2 is 2.00 bits per heavy atom. The third-order valence-corrected chi connectivity index (χ3v) is 8.21. The first-order valence-electron chi connectivity index (χ1n) is 9.22. The van der Waals surface area contributed by atoms with Crippen molar-refractivity contribution >= 4 is 61.5 Å². The molecule has 7 nitrogen and oxygen atoms in total. The highest BCUT2D eigenvalue weighted by Gasteiger charge is 2.21. The highest BCUT2D eigenvalue weighted by molar-refractivity contribution is 7.99. The van der Waals surface area contributed by atoms with Gasteiger partial charge in [-0.15, -0.1) is 22.7 Å². The minimum atomic E-state index is -0.562. The Kier molecular flexibility index (Phi) is 5.50. The molecule has 0 aliphatic heterocycles. The molecule has 0 saturated heterocycles. The lowest BCUT2D eigenvalue weighted by Crippen LogP contribution is -2.19. The number of hydrogen-bond acceptors (Lipinski definition) is 7. The fraction of sp³-hybridized carbons (Fsp3) is 0.368. The summed E-state index contributed by atoms with van der Waals surface area (Å²) in [7, 11) is 0. The summed E-state index contributed by atoms with van der Waals surface area (Å²) in [6, 6.07) is 0. The van der Waals surface area contributed by atoms with E-state index < -0.39 is 5.91 Å². The molecule has 3 aromatic heterocycles. The van der Waals surface area contributed by atoms with E-state index in [0.717, 1.165) is 58.3 Å².